The SMILES string of the molecule is O=C(CCC(F)F)N1CCC(O)(CC2CC=NN2c2ccc(F)cc2)CC1. The molecule has 0 spiro atoms. The van der Waals surface area contributed by atoms with Crippen LogP contribution in [0.3, 0.4) is 0 Å². The first-order valence-corrected chi connectivity index (χ1v) is 9.22. The van der Waals surface area contributed by atoms with Crippen molar-refractivity contribution in [3.05, 3.63) is 30.1 Å². The maximum atomic E-state index is 13.1. The molecular formula is C19H24F3N3O2. The smallest absolute Gasteiger partial charge is 0.239 e. The number of hydrogen-bond acceptors (Lipinski definition) is 4. The normalized spacial score (nSPS) is 21.9. The summed E-state index contributed by atoms with van der Waals surface area (Å²) in [6.45, 7) is 0.728. The van der Waals surface area contributed by atoms with Crippen LogP contribution in [0.4, 0.5) is 18.9 Å². The van der Waals surface area contributed by atoms with Gasteiger partial charge in [0.1, 0.15) is 5.82 Å². The number of alkyl halides is 2. The number of amides is 1. The lowest BCUT2D eigenvalue weighted by molar-refractivity contribution is -0.136. The number of piperidine rings is 1. The highest BCUT2D eigenvalue weighted by Gasteiger charge is 2.38. The molecule has 8 heteroatoms. The average Bonchev–Trinajstić information content (AvgIpc) is 3.08. The Kier molecular flexibility index (Phi) is 6.04. The Bertz CT molecular complexity index is 673. The van der Waals surface area contributed by atoms with E-state index in [-0.39, 0.29) is 24.2 Å². The van der Waals surface area contributed by atoms with E-state index in [1.54, 1.807) is 28.3 Å². The van der Waals surface area contributed by atoms with E-state index in [2.05, 4.69) is 5.10 Å². The Balaban J connectivity index is 1.55. The van der Waals surface area contributed by atoms with Crippen LogP contribution in [0.15, 0.2) is 29.4 Å². The quantitative estimate of drug-likeness (QED) is 0.821. The van der Waals surface area contributed by atoms with Crippen molar-refractivity contribution < 1.29 is 23.1 Å². The minimum atomic E-state index is -2.48. The molecule has 0 bridgehead atoms. The molecule has 2 aliphatic rings. The van der Waals surface area contributed by atoms with E-state index < -0.39 is 18.4 Å². The zero-order valence-electron chi connectivity index (χ0n) is 15.0. The van der Waals surface area contributed by atoms with Gasteiger partial charge in [-0.15, -0.1) is 0 Å². The summed E-state index contributed by atoms with van der Waals surface area (Å²) >= 11 is 0. The third kappa shape index (κ3) is 5.00. The van der Waals surface area contributed by atoms with Crippen molar-refractivity contribution in [1.29, 1.82) is 0 Å². The molecule has 1 aromatic rings. The lowest BCUT2D eigenvalue weighted by Gasteiger charge is -2.40. The van der Waals surface area contributed by atoms with E-state index in [0.29, 0.717) is 38.8 Å². The number of hydrogen-bond donors (Lipinski definition) is 1. The van der Waals surface area contributed by atoms with Crippen molar-refractivity contribution in [1.82, 2.24) is 4.90 Å². The van der Waals surface area contributed by atoms with Gasteiger partial charge >= 0.3 is 0 Å². The van der Waals surface area contributed by atoms with E-state index in [4.69, 9.17) is 0 Å². The molecule has 0 saturated carbocycles. The molecule has 1 amide bonds. The highest BCUT2D eigenvalue weighted by Crippen LogP contribution is 2.33. The third-order valence-corrected chi connectivity index (χ3v) is 5.26. The predicted molar refractivity (Wildman–Crippen MR) is 96.4 cm³/mol. The summed E-state index contributed by atoms with van der Waals surface area (Å²) in [6, 6.07) is 6.01. The van der Waals surface area contributed by atoms with E-state index >= 15 is 0 Å². The van der Waals surface area contributed by atoms with Crippen molar-refractivity contribution in [2.24, 2.45) is 5.10 Å². The van der Waals surface area contributed by atoms with Crippen LogP contribution in [0.25, 0.3) is 0 Å². The number of nitrogens with zero attached hydrogens (tertiary/aromatic N) is 3. The largest absolute Gasteiger partial charge is 0.390 e. The first-order chi connectivity index (χ1) is 12.9. The Labute approximate surface area is 156 Å². The molecule has 1 N–H and O–H groups in total. The number of halogens is 3. The molecule has 3 rings (SSSR count). The topological polar surface area (TPSA) is 56.1 Å². The van der Waals surface area contributed by atoms with Crippen LogP contribution in [-0.4, -0.2) is 53.3 Å². The van der Waals surface area contributed by atoms with Gasteiger partial charge in [0.25, 0.3) is 0 Å². The van der Waals surface area contributed by atoms with Crippen LogP contribution < -0.4 is 5.01 Å². The summed E-state index contributed by atoms with van der Waals surface area (Å²) in [5.41, 5.74) is -0.172. The zero-order valence-corrected chi connectivity index (χ0v) is 15.0. The second-order valence-corrected chi connectivity index (χ2v) is 7.25. The number of carbonyl (C=O) groups excluding carboxylic acids is 1. The van der Waals surface area contributed by atoms with Crippen LogP contribution in [0.1, 0.15) is 38.5 Å². The first kappa shape index (κ1) is 19.7. The number of rotatable bonds is 6. The fraction of sp³-hybridized carbons (Fsp3) is 0.579. The molecular weight excluding hydrogens is 359 g/mol. The number of hydrazone groups is 1. The Hall–Kier alpha value is -2.09. The number of benzene rings is 1. The first-order valence-electron chi connectivity index (χ1n) is 9.22. The van der Waals surface area contributed by atoms with Crippen molar-refractivity contribution in [2.75, 3.05) is 18.1 Å². The van der Waals surface area contributed by atoms with Gasteiger partial charge in [0.05, 0.1) is 17.3 Å². The molecule has 1 saturated heterocycles. The summed E-state index contributed by atoms with van der Waals surface area (Å²) in [5.74, 6) is -0.601. The molecule has 1 unspecified atom stereocenters. The van der Waals surface area contributed by atoms with E-state index in [1.807, 2.05) is 0 Å². The van der Waals surface area contributed by atoms with Crippen molar-refractivity contribution >= 4 is 17.8 Å². The maximum Gasteiger partial charge on any atom is 0.239 e. The molecule has 148 valence electrons. The molecule has 27 heavy (non-hydrogen) atoms. The number of carbonyl (C=O) groups is 1. The summed E-state index contributed by atoms with van der Waals surface area (Å²) in [4.78, 5) is 13.5. The van der Waals surface area contributed by atoms with Crippen molar-refractivity contribution in [3.63, 3.8) is 0 Å². The van der Waals surface area contributed by atoms with Gasteiger partial charge in [-0.05, 0) is 43.5 Å². The molecule has 2 aliphatic heterocycles. The van der Waals surface area contributed by atoms with Crippen molar-refractivity contribution in [3.8, 4) is 0 Å². The van der Waals surface area contributed by atoms with Gasteiger partial charge in [0.2, 0.25) is 12.3 Å². The van der Waals surface area contributed by atoms with E-state index in [9.17, 15) is 23.1 Å². The highest BCUT2D eigenvalue weighted by atomic mass is 19.3. The van der Waals surface area contributed by atoms with Crippen LogP contribution in [0.5, 0.6) is 0 Å². The second kappa shape index (κ2) is 8.29. The standard InChI is InChI=1S/C19H24F3N3O2/c20-14-1-3-15(4-2-14)25-16(7-10-23-25)13-19(27)8-11-24(12-9-19)18(26)6-5-17(21)22/h1-4,10,16-17,27H,5-9,11-13H2. The van der Waals surface area contributed by atoms with Gasteiger partial charge in [-0.25, -0.2) is 13.2 Å². The number of anilines is 1. The molecule has 2 heterocycles. The Morgan fingerprint density at radius 1 is 1.26 bits per heavy atom. The highest BCUT2D eigenvalue weighted by molar-refractivity contribution is 5.76. The van der Waals surface area contributed by atoms with Gasteiger partial charge in [-0.3, -0.25) is 9.80 Å². The summed E-state index contributed by atoms with van der Waals surface area (Å²) in [7, 11) is 0. The van der Waals surface area contributed by atoms with Crippen LogP contribution in [-0.2, 0) is 4.79 Å². The number of aliphatic hydroxyl groups is 1. The van der Waals surface area contributed by atoms with Crippen LogP contribution in [0, 0.1) is 5.82 Å². The van der Waals surface area contributed by atoms with Crippen molar-refractivity contribution in [2.45, 2.75) is 56.6 Å². The fourth-order valence-electron chi connectivity index (χ4n) is 3.70. The molecule has 1 fully saturated rings. The Morgan fingerprint density at radius 2 is 1.93 bits per heavy atom. The zero-order chi connectivity index (χ0) is 19.4. The van der Waals surface area contributed by atoms with Gasteiger partial charge in [-0.1, -0.05) is 0 Å². The minimum absolute atomic E-state index is 0.0402. The molecule has 0 aromatic heterocycles. The summed E-state index contributed by atoms with van der Waals surface area (Å²) in [6.07, 6.45) is 0.676. The molecule has 1 aromatic carbocycles. The lowest BCUT2D eigenvalue weighted by atomic mass is 9.84. The molecule has 1 atom stereocenters. The molecule has 0 aliphatic carbocycles. The van der Waals surface area contributed by atoms with Crippen LogP contribution >= 0.6 is 0 Å². The maximum absolute atomic E-state index is 13.1. The number of likely N-dealkylation sites (tertiary alicyclic amines) is 1. The molecule has 5 nitrogen and oxygen atoms in total. The van der Waals surface area contributed by atoms with E-state index in [1.165, 1.54) is 12.1 Å². The monoisotopic (exact) mass is 383 g/mol. The second-order valence-electron chi connectivity index (χ2n) is 7.25. The van der Waals surface area contributed by atoms with Gasteiger partial charge in [-0.2, -0.15) is 5.10 Å². The van der Waals surface area contributed by atoms with Gasteiger partial charge in [0, 0.05) is 38.6 Å². The predicted octanol–water partition coefficient (Wildman–Crippen LogP) is 3.18. The van der Waals surface area contributed by atoms with Gasteiger partial charge < -0.3 is 10.0 Å². The Morgan fingerprint density at radius 3 is 2.56 bits per heavy atom. The minimum Gasteiger partial charge on any atom is -0.390 e. The van der Waals surface area contributed by atoms with Gasteiger partial charge in [0.15, 0.2) is 0 Å². The summed E-state index contributed by atoms with van der Waals surface area (Å²) in [5, 5.41) is 17.1. The van der Waals surface area contributed by atoms with Crippen LogP contribution in [0.2, 0.25) is 0 Å². The fourth-order valence-corrected chi connectivity index (χ4v) is 3.70. The average molecular weight is 383 g/mol. The third-order valence-electron chi connectivity index (χ3n) is 5.26. The summed E-state index contributed by atoms with van der Waals surface area (Å²) < 4.78 is 37.7. The molecule has 0 radical (unpaired) electrons. The van der Waals surface area contributed by atoms with E-state index in [0.717, 1.165) is 5.69 Å². The lowest BCUT2D eigenvalue weighted by Crippen LogP contribution is -2.49.